The molecule has 2 atom stereocenters. The molecule has 0 aliphatic carbocycles. The largest absolute Gasteiger partial charge is 0.342 e. The minimum Gasteiger partial charge on any atom is -0.342 e. The van der Waals surface area contributed by atoms with Gasteiger partial charge in [0.1, 0.15) is 0 Å². The van der Waals surface area contributed by atoms with Gasteiger partial charge in [-0.2, -0.15) is 0 Å². The first-order chi connectivity index (χ1) is 9.99. The maximum absolute atomic E-state index is 12.5. The standard InChI is InChI=1S/C17H22N2O2/c1-11(2)17(21)19-9-13-8-18(12(3)20)10-15(13)14-6-4-5-7-16(14)19/h4-7,11,13,15H,8-10H2,1-3H3/t13-,15+/m1/s1. The Morgan fingerprint density at radius 2 is 1.86 bits per heavy atom. The summed E-state index contributed by atoms with van der Waals surface area (Å²) in [7, 11) is 0. The number of likely N-dealkylation sites (tertiary alicyclic amines) is 1. The van der Waals surface area contributed by atoms with Crippen LogP contribution >= 0.6 is 0 Å². The number of hydrogen-bond donors (Lipinski definition) is 0. The molecule has 2 aliphatic rings. The number of carbonyl (C=O) groups is 2. The minimum atomic E-state index is -0.0140. The van der Waals surface area contributed by atoms with Crippen molar-refractivity contribution in [1.29, 1.82) is 0 Å². The highest BCUT2D eigenvalue weighted by atomic mass is 16.2. The Labute approximate surface area is 125 Å². The molecule has 21 heavy (non-hydrogen) atoms. The number of carbonyl (C=O) groups excluding carboxylic acids is 2. The molecule has 112 valence electrons. The fourth-order valence-electron chi connectivity index (χ4n) is 3.57. The molecule has 0 unspecified atom stereocenters. The van der Waals surface area contributed by atoms with Crippen LogP contribution in [0.3, 0.4) is 0 Å². The van der Waals surface area contributed by atoms with Gasteiger partial charge in [0.15, 0.2) is 0 Å². The van der Waals surface area contributed by atoms with Gasteiger partial charge in [0.05, 0.1) is 0 Å². The van der Waals surface area contributed by atoms with E-state index in [1.54, 1.807) is 6.92 Å². The number of hydrogen-bond acceptors (Lipinski definition) is 2. The molecule has 1 fully saturated rings. The van der Waals surface area contributed by atoms with Gasteiger partial charge in [-0.3, -0.25) is 9.59 Å². The Hall–Kier alpha value is -1.84. The smallest absolute Gasteiger partial charge is 0.229 e. The first kappa shape index (κ1) is 14.1. The second kappa shape index (κ2) is 5.17. The van der Waals surface area contributed by atoms with E-state index >= 15 is 0 Å². The van der Waals surface area contributed by atoms with E-state index in [0.717, 1.165) is 25.3 Å². The van der Waals surface area contributed by atoms with Gasteiger partial charge in [-0.05, 0) is 11.6 Å². The molecule has 4 heteroatoms. The molecule has 1 aromatic carbocycles. The van der Waals surface area contributed by atoms with Crippen molar-refractivity contribution in [2.75, 3.05) is 24.5 Å². The van der Waals surface area contributed by atoms with E-state index in [4.69, 9.17) is 0 Å². The van der Waals surface area contributed by atoms with Crippen molar-refractivity contribution >= 4 is 17.5 Å². The van der Waals surface area contributed by atoms with E-state index in [-0.39, 0.29) is 17.7 Å². The quantitative estimate of drug-likeness (QED) is 0.794. The van der Waals surface area contributed by atoms with Crippen LogP contribution in [0.1, 0.15) is 32.3 Å². The summed E-state index contributed by atoms with van der Waals surface area (Å²) in [5, 5.41) is 0. The molecule has 1 aromatic rings. The summed E-state index contributed by atoms with van der Waals surface area (Å²) >= 11 is 0. The molecule has 3 rings (SSSR count). The van der Waals surface area contributed by atoms with Gasteiger partial charge < -0.3 is 9.80 Å². The molecule has 0 saturated carbocycles. The Morgan fingerprint density at radius 3 is 2.52 bits per heavy atom. The SMILES string of the molecule is CC(=O)N1C[C@@H]2CN(C(=O)C(C)C)c3ccccc3[C@H]2C1. The first-order valence-corrected chi connectivity index (χ1v) is 7.65. The van der Waals surface area contributed by atoms with E-state index in [9.17, 15) is 9.59 Å². The Morgan fingerprint density at radius 1 is 1.14 bits per heavy atom. The number of anilines is 1. The monoisotopic (exact) mass is 286 g/mol. The van der Waals surface area contributed by atoms with Gasteiger partial charge in [-0.25, -0.2) is 0 Å². The molecule has 0 N–H and O–H groups in total. The lowest BCUT2D eigenvalue weighted by Gasteiger charge is -2.37. The van der Waals surface area contributed by atoms with Crippen LogP contribution in [0.4, 0.5) is 5.69 Å². The molecule has 2 heterocycles. The fourth-order valence-corrected chi connectivity index (χ4v) is 3.57. The number of benzene rings is 1. The molecule has 0 radical (unpaired) electrons. The van der Waals surface area contributed by atoms with Crippen LogP contribution in [0.2, 0.25) is 0 Å². The van der Waals surface area contributed by atoms with Gasteiger partial charge in [0, 0.05) is 50.0 Å². The summed E-state index contributed by atoms with van der Waals surface area (Å²) in [6, 6.07) is 8.14. The van der Waals surface area contributed by atoms with Crippen molar-refractivity contribution in [1.82, 2.24) is 4.90 Å². The highest BCUT2D eigenvalue weighted by Gasteiger charge is 2.42. The minimum absolute atomic E-state index is 0.0140. The normalized spacial score (nSPS) is 24.0. The van der Waals surface area contributed by atoms with Crippen molar-refractivity contribution in [3.05, 3.63) is 29.8 Å². The van der Waals surface area contributed by atoms with Crippen LogP contribution in [0.25, 0.3) is 0 Å². The summed E-state index contributed by atoms with van der Waals surface area (Å²) in [5.41, 5.74) is 2.24. The molecular formula is C17H22N2O2. The van der Waals surface area contributed by atoms with Crippen molar-refractivity contribution in [3.8, 4) is 0 Å². The van der Waals surface area contributed by atoms with Gasteiger partial charge in [-0.1, -0.05) is 32.0 Å². The van der Waals surface area contributed by atoms with Crippen LogP contribution in [-0.2, 0) is 9.59 Å². The lowest BCUT2D eigenvalue weighted by molar-refractivity contribution is -0.127. The summed E-state index contributed by atoms with van der Waals surface area (Å²) in [4.78, 5) is 28.0. The molecule has 2 aliphatic heterocycles. The van der Waals surface area contributed by atoms with Gasteiger partial charge in [0.25, 0.3) is 0 Å². The summed E-state index contributed by atoms with van der Waals surface area (Å²) < 4.78 is 0. The van der Waals surface area contributed by atoms with E-state index in [1.807, 2.05) is 41.8 Å². The van der Waals surface area contributed by atoms with Gasteiger partial charge in [-0.15, -0.1) is 0 Å². The predicted octanol–water partition coefficient (Wildman–Crippen LogP) is 2.25. The second-order valence-electron chi connectivity index (χ2n) is 6.45. The number of rotatable bonds is 1. The van der Waals surface area contributed by atoms with E-state index < -0.39 is 0 Å². The third-order valence-electron chi connectivity index (χ3n) is 4.69. The third-order valence-corrected chi connectivity index (χ3v) is 4.69. The number of amides is 2. The van der Waals surface area contributed by atoms with Crippen LogP contribution in [-0.4, -0.2) is 36.3 Å². The lowest BCUT2D eigenvalue weighted by Crippen LogP contribution is -2.43. The van der Waals surface area contributed by atoms with Crippen molar-refractivity contribution in [2.45, 2.75) is 26.7 Å². The van der Waals surface area contributed by atoms with E-state index in [2.05, 4.69) is 6.07 Å². The van der Waals surface area contributed by atoms with Gasteiger partial charge in [0.2, 0.25) is 11.8 Å². The van der Waals surface area contributed by atoms with Crippen LogP contribution < -0.4 is 4.90 Å². The molecule has 4 nitrogen and oxygen atoms in total. The summed E-state index contributed by atoms with van der Waals surface area (Å²) in [6.45, 7) is 7.76. The average molecular weight is 286 g/mol. The topological polar surface area (TPSA) is 40.6 Å². The third kappa shape index (κ3) is 2.33. The van der Waals surface area contributed by atoms with E-state index in [1.165, 1.54) is 5.56 Å². The Kier molecular flexibility index (Phi) is 3.47. The molecule has 0 spiro atoms. The van der Waals surface area contributed by atoms with Gasteiger partial charge >= 0.3 is 0 Å². The lowest BCUT2D eigenvalue weighted by atomic mass is 9.83. The van der Waals surface area contributed by atoms with Crippen LogP contribution in [0, 0.1) is 11.8 Å². The first-order valence-electron chi connectivity index (χ1n) is 7.65. The maximum Gasteiger partial charge on any atom is 0.229 e. The average Bonchev–Trinajstić information content (AvgIpc) is 2.90. The van der Waals surface area contributed by atoms with Crippen LogP contribution in [0.5, 0.6) is 0 Å². The second-order valence-corrected chi connectivity index (χ2v) is 6.45. The molecule has 0 aromatic heterocycles. The summed E-state index contributed by atoms with van der Waals surface area (Å²) in [5.74, 6) is 0.999. The van der Waals surface area contributed by atoms with Crippen molar-refractivity contribution < 1.29 is 9.59 Å². The number of fused-ring (bicyclic) bond motifs is 3. The fraction of sp³-hybridized carbons (Fsp3) is 0.529. The summed E-state index contributed by atoms with van der Waals surface area (Å²) in [6.07, 6.45) is 0. The Bertz CT molecular complexity index is 582. The zero-order valence-corrected chi connectivity index (χ0v) is 12.9. The molecular weight excluding hydrogens is 264 g/mol. The highest BCUT2D eigenvalue weighted by Crippen LogP contribution is 2.43. The molecule has 2 amide bonds. The van der Waals surface area contributed by atoms with E-state index in [0.29, 0.717) is 11.8 Å². The molecule has 1 saturated heterocycles. The number of para-hydroxylation sites is 1. The maximum atomic E-state index is 12.5. The Balaban J connectivity index is 1.98. The van der Waals surface area contributed by atoms with Crippen LogP contribution in [0.15, 0.2) is 24.3 Å². The predicted molar refractivity (Wildman–Crippen MR) is 82.1 cm³/mol. The van der Waals surface area contributed by atoms with Crippen molar-refractivity contribution in [3.63, 3.8) is 0 Å². The zero-order chi connectivity index (χ0) is 15.1. The number of nitrogens with zero attached hydrogens (tertiary/aromatic N) is 2. The van der Waals surface area contributed by atoms with Crippen molar-refractivity contribution in [2.24, 2.45) is 11.8 Å². The molecule has 0 bridgehead atoms. The highest BCUT2D eigenvalue weighted by molar-refractivity contribution is 5.96. The zero-order valence-electron chi connectivity index (χ0n) is 12.9.